The summed E-state index contributed by atoms with van der Waals surface area (Å²) in [6, 6.07) is 12.2. The molecule has 0 saturated heterocycles. The molecule has 5 heteroatoms. The lowest BCUT2D eigenvalue weighted by Gasteiger charge is -2.11. The summed E-state index contributed by atoms with van der Waals surface area (Å²) < 4.78 is 5.17. The highest BCUT2D eigenvalue weighted by Crippen LogP contribution is 2.24. The van der Waals surface area contributed by atoms with Gasteiger partial charge in [-0.05, 0) is 36.8 Å². The predicted molar refractivity (Wildman–Crippen MR) is 81.8 cm³/mol. The molecule has 0 unspecified atom stereocenters. The zero-order valence-electron chi connectivity index (χ0n) is 11.2. The monoisotopic (exact) mass is 290 g/mol. The molecule has 0 fully saturated rings. The number of benzene rings is 2. The van der Waals surface area contributed by atoms with Gasteiger partial charge >= 0.3 is 6.03 Å². The van der Waals surface area contributed by atoms with Crippen molar-refractivity contribution in [2.24, 2.45) is 0 Å². The highest BCUT2D eigenvalue weighted by molar-refractivity contribution is 6.31. The number of nitrogens with one attached hydrogen (secondary N) is 2. The van der Waals surface area contributed by atoms with Crippen LogP contribution in [0.4, 0.5) is 16.2 Å². The van der Waals surface area contributed by atoms with Crippen LogP contribution in [0.5, 0.6) is 5.75 Å². The van der Waals surface area contributed by atoms with Crippen molar-refractivity contribution >= 4 is 29.0 Å². The van der Waals surface area contributed by atoms with E-state index in [0.717, 1.165) is 5.56 Å². The summed E-state index contributed by atoms with van der Waals surface area (Å²) in [5, 5.41) is 6.06. The maximum absolute atomic E-state index is 11.9. The lowest BCUT2D eigenvalue weighted by atomic mass is 10.2. The van der Waals surface area contributed by atoms with E-state index in [0.29, 0.717) is 22.1 Å². The van der Waals surface area contributed by atoms with Crippen molar-refractivity contribution in [3.8, 4) is 5.75 Å². The minimum atomic E-state index is -0.352. The molecule has 2 rings (SSSR count). The molecule has 2 aromatic rings. The molecule has 2 amide bonds. The second-order valence-electron chi connectivity index (χ2n) is 4.24. The molecule has 0 aliphatic carbocycles. The fraction of sp³-hybridized carbons (Fsp3) is 0.133. The summed E-state index contributed by atoms with van der Waals surface area (Å²) >= 11 is 6.01. The number of halogens is 1. The van der Waals surface area contributed by atoms with E-state index in [2.05, 4.69) is 10.6 Å². The first-order valence-electron chi connectivity index (χ1n) is 6.07. The summed E-state index contributed by atoms with van der Waals surface area (Å²) in [5.74, 6) is 0.601. The summed E-state index contributed by atoms with van der Waals surface area (Å²) in [7, 11) is 1.55. The van der Waals surface area contributed by atoms with E-state index < -0.39 is 0 Å². The first-order valence-corrected chi connectivity index (χ1v) is 6.45. The molecular weight excluding hydrogens is 276 g/mol. The normalized spacial score (nSPS) is 9.95. The highest BCUT2D eigenvalue weighted by atomic mass is 35.5. The fourth-order valence-electron chi connectivity index (χ4n) is 1.70. The number of anilines is 2. The van der Waals surface area contributed by atoms with Gasteiger partial charge in [0.05, 0.1) is 12.8 Å². The largest absolute Gasteiger partial charge is 0.495 e. The molecule has 2 N–H and O–H groups in total. The summed E-state index contributed by atoms with van der Waals surface area (Å²) in [5.41, 5.74) is 2.20. The number of hydrogen-bond acceptors (Lipinski definition) is 2. The number of hydrogen-bond donors (Lipinski definition) is 2. The fourth-order valence-corrected chi connectivity index (χ4v) is 1.88. The quantitative estimate of drug-likeness (QED) is 0.885. The van der Waals surface area contributed by atoms with Gasteiger partial charge in [0.1, 0.15) is 5.75 Å². The average Bonchev–Trinajstić information content (AvgIpc) is 2.43. The summed E-state index contributed by atoms with van der Waals surface area (Å²) in [6.07, 6.45) is 0. The first-order chi connectivity index (χ1) is 9.60. The van der Waals surface area contributed by atoms with Crippen molar-refractivity contribution < 1.29 is 9.53 Å². The Balaban J connectivity index is 2.07. The van der Waals surface area contributed by atoms with Crippen LogP contribution in [0.2, 0.25) is 5.02 Å². The van der Waals surface area contributed by atoms with Gasteiger partial charge in [-0.15, -0.1) is 0 Å². The lowest BCUT2D eigenvalue weighted by Crippen LogP contribution is -2.19. The molecule has 0 bridgehead atoms. The molecule has 0 spiro atoms. The van der Waals surface area contributed by atoms with Crippen LogP contribution in [-0.2, 0) is 0 Å². The van der Waals surface area contributed by atoms with Crippen LogP contribution in [-0.4, -0.2) is 13.1 Å². The molecule has 4 nitrogen and oxygen atoms in total. The second kappa shape index (κ2) is 6.30. The molecule has 2 aromatic carbocycles. The van der Waals surface area contributed by atoms with Gasteiger partial charge in [-0.1, -0.05) is 29.8 Å². The van der Waals surface area contributed by atoms with Crippen LogP contribution in [0.25, 0.3) is 0 Å². The standard InChI is InChI=1S/C15H15ClN2O2/c1-10-7-8-11(9-12(10)16)17-15(19)18-13-5-3-4-6-14(13)20-2/h3-9H,1-2H3,(H2,17,18,19). The number of methoxy groups -OCH3 is 1. The van der Waals surface area contributed by atoms with Crippen LogP contribution in [0.1, 0.15) is 5.56 Å². The molecule has 20 heavy (non-hydrogen) atoms. The molecule has 0 aliphatic rings. The van der Waals surface area contributed by atoms with E-state index in [1.807, 2.05) is 25.1 Å². The van der Waals surface area contributed by atoms with Gasteiger partial charge < -0.3 is 15.4 Å². The van der Waals surface area contributed by atoms with Crippen LogP contribution in [0, 0.1) is 6.92 Å². The van der Waals surface area contributed by atoms with E-state index in [4.69, 9.17) is 16.3 Å². The number of ether oxygens (including phenoxy) is 1. The molecular formula is C15H15ClN2O2. The number of para-hydroxylation sites is 2. The Hall–Kier alpha value is -2.20. The van der Waals surface area contributed by atoms with Gasteiger partial charge in [0.15, 0.2) is 0 Å². The van der Waals surface area contributed by atoms with E-state index >= 15 is 0 Å². The topological polar surface area (TPSA) is 50.4 Å². The van der Waals surface area contributed by atoms with Crippen molar-refractivity contribution in [3.05, 3.63) is 53.1 Å². The number of rotatable bonds is 3. The van der Waals surface area contributed by atoms with Gasteiger partial charge in [-0.2, -0.15) is 0 Å². The van der Waals surface area contributed by atoms with Crippen LogP contribution in [0.15, 0.2) is 42.5 Å². The minimum Gasteiger partial charge on any atom is -0.495 e. The first kappa shape index (κ1) is 14.2. The van der Waals surface area contributed by atoms with E-state index in [1.54, 1.807) is 31.4 Å². The third-order valence-electron chi connectivity index (χ3n) is 2.78. The molecule has 0 saturated carbocycles. The Morgan fingerprint density at radius 1 is 1.15 bits per heavy atom. The molecule has 0 heterocycles. The Morgan fingerprint density at radius 3 is 2.60 bits per heavy atom. The van der Waals surface area contributed by atoms with Crippen molar-refractivity contribution in [3.63, 3.8) is 0 Å². The third-order valence-corrected chi connectivity index (χ3v) is 3.19. The van der Waals surface area contributed by atoms with Crippen molar-refractivity contribution in [1.82, 2.24) is 0 Å². The molecule has 0 aliphatic heterocycles. The number of aryl methyl sites for hydroxylation is 1. The number of urea groups is 1. The number of carbonyl (C=O) groups excluding carboxylic acids is 1. The predicted octanol–water partition coefficient (Wildman–Crippen LogP) is 4.30. The van der Waals surface area contributed by atoms with E-state index in [9.17, 15) is 4.79 Å². The van der Waals surface area contributed by atoms with Crippen molar-refractivity contribution in [1.29, 1.82) is 0 Å². The van der Waals surface area contributed by atoms with Crippen molar-refractivity contribution in [2.45, 2.75) is 6.92 Å². The van der Waals surface area contributed by atoms with E-state index in [1.165, 1.54) is 0 Å². The van der Waals surface area contributed by atoms with Crippen molar-refractivity contribution in [2.75, 3.05) is 17.7 Å². The average molecular weight is 291 g/mol. The van der Waals surface area contributed by atoms with Gasteiger partial charge in [0.2, 0.25) is 0 Å². The van der Waals surface area contributed by atoms with Gasteiger partial charge in [-0.25, -0.2) is 4.79 Å². The smallest absolute Gasteiger partial charge is 0.323 e. The molecule has 104 valence electrons. The molecule has 0 aromatic heterocycles. The SMILES string of the molecule is COc1ccccc1NC(=O)Nc1ccc(C)c(Cl)c1. The maximum Gasteiger partial charge on any atom is 0.323 e. The zero-order chi connectivity index (χ0) is 14.5. The van der Waals surface area contributed by atoms with Gasteiger partial charge in [-0.3, -0.25) is 0 Å². The maximum atomic E-state index is 11.9. The van der Waals surface area contributed by atoms with Crippen LogP contribution >= 0.6 is 11.6 Å². The highest BCUT2D eigenvalue weighted by Gasteiger charge is 2.07. The zero-order valence-corrected chi connectivity index (χ0v) is 12.0. The molecule has 0 radical (unpaired) electrons. The van der Waals surface area contributed by atoms with Crippen LogP contribution < -0.4 is 15.4 Å². The second-order valence-corrected chi connectivity index (χ2v) is 4.65. The Morgan fingerprint density at radius 2 is 1.90 bits per heavy atom. The Labute approximate surface area is 122 Å². The summed E-state index contributed by atoms with van der Waals surface area (Å²) in [6.45, 7) is 1.90. The minimum absolute atomic E-state index is 0.352. The third kappa shape index (κ3) is 3.42. The van der Waals surface area contributed by atoms with Gasteiger partial charge in [0, 0.05) is 10.7 Å². The Bertz CT molecular complexity index is 629. The van der Waals surface area contributed by atoms with Crippen LogP contribution in [0.3, 0.4) is 0 Å². The number of amides is 2. The van der Waals surface area contributed by atoms with E-state index in [-0.39, 0.29) is 6.03 Å². The Kier molecular flexibility index (Phi) is 4.48. The molecule has 0 atom stereocenters. The summed E-state index contributed by atoms with van der Waals surface area (Å²) in [4.78, 5) is 11.9. The lowest BCUT2D eigenvalue weighted by molar-refractivity contribution is 0.262. The number of carbonyl (C=O) groups is 1. The van der Waals surface area contributed by atoms with Gasteiger partial charge in [0.25, 0.3) is 0 Å².